The van der Waals surface area contributed by atoms with Crippen LogP contribution in [0.4, 0.5) is 0 Å². The molecule has 6 heteroatoms. The Hall–Kier alpha value is -0.810. The van der Waals surface area contributed by atoms with Crippen LogP contribution < -0.4 is 5.32 Å². The van der Waals surface area contributed by atoms with Crippen LogP contribution in [-0.2, 0) is 11.3 Å². The van der Waals surface area contributed by atoms with Crippen LogP contribution in [-0.4, -0.2) is 54.0 Å². The Morgan fingerprint density at radius 1 is 1.22 bits per heavy atom. The number of likely N-dealkylation sites (tertiary alicyclic amines) is 1. The highest BCUT2D eigenvalue weighted by molar-refractivity contribution is 5.85. The fourth-order valence-corrected chi connectivity index (χ4v) is 3.46. The molecule has 1 N–H and O–H groups in total. The van der Waals surface area contributed by atoms with Gasteiger partial charge in [-0.1, -0.05) is 30.3 Å². The Labute approximate surface area is 151 Å². The second kappa shape index (κ2) is 9.48. The van der Waals surface area contributed by atoms with E-state index in [4.69, 9.17) is 0 Å². The van der Waals surface area contributed by atoms with Crippen molar-refractivity contribution >= 4 is 30.7 Å². The van der Waals surface area contributed by atoms with Crippen molar-refractivity contribution < 1.29 is 4.79 Å². The Balaban J connectivity index is 0.00000132. The summed E-state index contributed by atoms with van der Waals surface area (Å²) in [5, 5.41) is 3.40. The number of carbonyl (C=O) groups excluding carboxylic acids is 1. The van der Waals surface area contributed by atoms with E-state index in [9.17, 15) is 4.79 Å². The van der Waals surface area contributed by atoms with Crippen molar-refractivity contribution in [3.05, 3.63) is 35.9 Å². The van der Waals surface area contributed by atoms with Gasteiger partial charge in [-0.3, -0.25) is 9.69 Å². The minimum atomic E-state index is 0. The first-order valence-corrected chi connectivity index (χ1v) is 8.04. The van der Waals surface area contributed by atoms with Gasteiger partial charge in [-0.15, -0.1) is 24.8 Å². The predicted molar refractivity (Wildman–Crippen MR) is 98.4 cm³/mol. The highest BCUT2D eigenvalue weighted by Crippen LogP contribution is 2.22. The number of halogens is 2. The van der Waals surface area contributed by atoms with E-state index in [1.807, 2.05) is 6.07 Å². The zero-order chi connectivity index (χ0) is 14.7. The van der Waals surface area contributed by atoms with Crippen molar-refractivity contribution in [2.45, 2.75) is 38.4 Å². The molecule has 2 saturated heterocycles. The number of benzene rings is 1. The number of hydrogen-bond donors (Lipinski definition) is 1. The molecule has 1 amide bonds. The number of amides is 1. The van der Waals surface area contributed by atoms with Crippen molar-refractivity contribution in [3.8, 4) is 0 Å². The third-order valence-electron chi connectivity index (χ3n) is 4.56. The lowest BCUT2D eigenvalue weighted by Gasteiger charge is -2.35. The fraction of sp³-hybridized carbons (Fsp3) is 0.588. The molecular weight excluding hydrogens is 333 g/mol. The molecule has 2 aliphatic heterocycles. The second-order valence-corrected chi connectivity index (χ2v) is 6.25. The molecule has 130 valence electrons. The van der Waals surface area contributed by atoms with Gasteiger partial charge in [0.25, 0.3) is 0 Å². The normalized spacial score (nSPS) is 24.7. The zero-order valence-electron chi connectivity index (χ0n) is 13.6. The van der Waals surface area contributed by atoms with Crippen molar-refractivity contribution in [3.63, 3.8) is 0 Å². The van der Waals surface area contributed by atoms with E-state index in [0.717, 1.165) is 45.6 Å². The van der Waals surface area contributed by atoms with Crippen LogP contribution in [0.2, 0.25) is 0 Å². The largest absolute Gasteiger partial charge is 0.339 e. The molecule has 0 bridgehead atoms. The number of nitrogens with zero attached hydrogens (tertiary/aromatic N) is 2. The summed E-state index contributed by atoms with van der Waals surface area (Å²) >= 11 is 0. The van der Waals surface area contributed by atoms with E-state index in [1.54, 1.807) is 0 Å². The predicted octanol–water partition coefficient (Wildman–Crippen LogP) is 2.31. The summed E-state index contributed by atoms with van der Waals surface area (Å²) in [5.74, 6) is 0.330. The summed E-state index contributed by atoms with van der Waals surface area (Å²) in [6.45, 7) is 6.67. The van der Waals surface area contributed by atoms with Crippen molar-refractivity contribution in [2.24, 2.45) is 0 Å². The van der Waals surface area contributed by atoms with Crippen molar-refractivity contribution in [1.29, 1.82) is 0 Å². The first-order valence-electron chi connectivity index (χ1n) is 8.04. The summed E-state index contributed by atoms with van der Waals surface area (Å²) in [6, 6.07) is 11.0. The number of piperazine rings is 1. The Morgan fingerprint density at radius 2 is 1.96 bits per heavy atom. The van der Waals surface area contributed by atoms with Gasteiger partial charge in [0, 0.05) is 32.2 Å². The minimum absolute atomic E-state index is 0. The maximum Gasteiger partial charge on any atom is 0.240 e. The fourth-order valence-electron chi connectivity index (χ4n) is 3.46. The molecule has 1 aromatic carbocycles. The van der Waals surface area contributed by atoms with Gasteiger partial charge in [-0.05, 0) is 31.9 Å². The molecule has 23 heavy (non-hydrogen) atoms. The second-order valence-electron chi connectivity index (χ2n) is 6.25. The van der Waals surface area contributed by atoms with Gasteiger partial charge in [0.15, 0.2) is 0 Å². The highest BCUT2D eigenvalue weighted by Gasteiger charge is 2.34. The van der Waals surface area contributed by atoms with Crippen LogP contribution in [0.25, 0.3) is 0 Å². The van der Waals surface area contributed by atoms with E-state index in [-0.39, 0.29) is 30.9 Å². The standard InChI is InChI=1S/C17H25N3O.2ClH/c1-14-12-20(11-9-18-14)17(21)16-8-5-10-19(16)13-15-6-3-2-4-7-15;;/h2-4,6-7,14,16,18H,5,8-13H2,1H3;2*1H. The van der Waals surface area contributed by atoms with Crippen LogP contribution >= 0.6 is 24.8 Å². The average Bonchev–Trinajstić information content (AvgIpc) is 2.95. The van der Waals surface area contributed by atoms with Crippen LogP contribution in [0, 0.1) is 0 Å². The Kier molecular flexibility index (Phi) is 8.34. The Morgan fingerprint density at radius 3 is 2.65 bits per heavy atom. The number of carbonyl (C=O) groups is 1. The van der Waals surface area contributed by atoms with Crippen molar-refractivity contribution in [1.82, 2.24) is 15.1 Å². The van der Waals surface area contributed by atoms with E-state index in [2.05, 4.69) is 46.3 Å². The van der Waals surface area contributed by atoms with Gasteiger partial charge < -0.3 is 10.2 Å². The molecule has 4 nitrogen and oxygen atoms in total. The van der Waals surface area contributed by atoms with Crippen molar-refractivity contribution in [2.75, 3.05) is 26.2 Å². The molecule has 0 radical (unpaired) electrons. The van der Waals surface area contributed by atoms with Crippen LogP contribution in [0.3, 0.4) is 0 Å². The molecule has 0 saturated carbocycles. The van der Waals surface area contributed by atoms with Gasteiger partial charge in [-0.2, -0.15) is 0 Å². The molecular formula is C17H27Cl2N3O. The minimum Gasteiger partial charge on any atom is -0.339 e. The lowest BCUT2D eigenvalue weighted by atomic mass is 10.1. The van der Waals surface area contributed by atoms with Crippen LogP contribution in [0.5, 0.6) is 0 Å². The SMILES string of the molecule is CC1CN(C(=O)C2CCCN2Cc2ccccc2)CCN1.Cl.Cl. The number of rotatable bonds is 3. The summed E-state index contributed by atoms with van der Waals surface area (Å²) in [5.41, 5.74) is 1.30. The quantitative estimate of drug-likeness (QED) is 0.899. The topological polar surface area (TPSA) is 35.6 Å². The summed E-state index contributed by atoms with van der Waals surface area (Å²) in [4.78, 5) is 17.2. The van der Waals surface area contributed by atoms with Gasteiger partial charge in [0.2, 0.25) is 5.91 Å². The summed E-state index contributed by atoms with van der Waals surface area (Å²) < 4.78 is 0. The molecule has 0 spiro atoms. The van der Waals surface area contributed by atoms with E-state index in [0.29, 0.717) is 11.9 Å². The molecule has 2 atom stereocenters. The molecule has 2 unspecified atom stereocenters. The van der Waals surface area contributed by atoms with Gasteiger partial charge in [0.05, 0.1) is 6.04 Å². The van der Waals surface area contributed by atoms with Crippen LogP contribution in [0.1, 0.15) is 25.3 Å². The number of nitrogens with one attached hydrogen (secondary N) is 1. The van der Waals surface area contributed by atoms with Gasteiger partial charge in [0.1, 0.15) is 0 Å². The molecule has 1 aromatic rings. The average molecular weight is 360 g/mol. The monoisotopic (exact) mass is 359 g/mol. The Bertz CT molecular complexity index is 486. The molecule has 0 aliphatic carbocycles. The van der Waals surface area contributed by atoms with E-state index < -0.39 is 0 Å². The number of hydrogen-bond acceptors (Lipinski definition) is 3. The first-order chi connectivity index (χ1) is 10.2. The molecule has 2 aliphatic rings. The van der Waals surface area contributed by atoms with Gasteiger partial charge >= 0.3 is 0 Å². The zero-order valence-corrected chi connectivity index (χ0v) is 15.2. The van der Waals surface area contributed by atoms with E-state index in [1.165, 1.54) is 5.56 Å². The smallest absolute Gasteiger partial charge is 0.240 e. The van der Waals surface area contributed by atoms with Gasteiger partial charge in [-0.25, -0.2) is 0 Å². The summed E-state index contributed by atoms with van der Waals surface area (Å²) in [6.07, 6.45) is 2.13. The lowest BCUT2D eigenvalue weighted by Crippen LogP contribution is -2.55. The lowest BCUT2D eigenvalue weighted by molar-refractivity contribution is -0.137. The summed E-state index contributed by atoms with van der Waals surface area (Å²) in [7, 11) is 0. The highest BCUT2D eigenvalue weighted by atomic mass is 35.5. The third-order valence-corrected chi connectivity index (χ3v) is 4.56. The van der Waals surface area contributed by atoms with Crippen LogP contribution in [0.15, 0.2) is 30.3 Å². The molecule has 2 fully saturated rings. The molecule has 0 aromatic heterocycles. The van der Waals surface area contributed by atoms with E-state index >= 15 is 0 Å². The molecule has 2 heterocycles. The molecule has 3 rings (SSSR count). The first kappa shape index (κ1) is 20.2. The maximum atomic E-state index is 12.8. The third kappa shape index (κ3) is 5.08. The maximum absolute atomic E-state index is 12.8.